The van der Waals surface area contributed by atoms with Crippen LogP contribution in [0.5, 0.6) is 0 Å². The summed E-state index contributed by atoms with van der Waals surface area (Å²) in [6.45, 7) is 6.73. The van der Waals surface area contributed by atoms with Crippen molar-refractivity contribution < 1.29 is 26.8 Å². The number of carbonyl (C=O) groups is 2. The second-order valence-corrected chi connectivity index (χ2v) is 11.6. The zero-order chi connectivity index (χ0) is 29.4. The van der Waals surface area contributed by atoms with Crippen LogP contribution in [-0.2, 0) is 26.2 Å². The lowest BCUT2D eigenvalue weighted by Crippen LogP contribution is -2.53. The van der Waals surface area contributed by atoms with Crippen molar-refractivity contribution in [3.05, 3.63) is 95.6 Å². The molecule has 3 aromatic rings. The first-order valence-corrected chi connectivity index (χ1v) is 14.6. The molecule has 214 valence electrons. The van der Waals surface area contributed by atoms with Gasteiger partial charge in [-0.25, -0.2) is 17.2 Å². The van der Waals surface area contributed by atoms with Crippen molar-refractivity contribution in [2.45, 2.75) is 64.1 Å². The third-order valence-corrected chi connectivity index (χ3v) is 8.44. The minimum Gasteiger partial charge on any atom is -0.352 e. The molecule has 0 heterocycles. The van der Waals surface area contributed by atoms with Gasteiger partial charge < -0.3 is 10.2 Å². The van der Waals surface area contributed by atoms with E-state index in [1.54, 1.807) is 31.2 Å². The van der Waals surface area contributed by atoms with E-state index in [1.165, 1.54) is 29.2 Å². The first-order valence-electron chi connectivity index (χ1n) is 13.2. The second kappa shape index (κ2) is 13.5. The molecule has 3 rings (SSSR count). The molecule has 10 heteroatoms. The van der Waals surface area contributed by atoms with E-state index >= 15 is 0 Å². The second-order valence-electron chi connectivity index (χ2n) is 9.69. The molecule has 0 saturated heterocycles. The van der Waals surface area contributed by atoms with E-state index in [0.29, 0.717) is 12.0 Å². The lowest BCUT2D eigenvalue weighted by molar-refractivity contribution is -0.140. The molecule has 0 bridgehead atoms. The molecular weight excluding hydrogens is 536 g/mol. The van der Waals surface area contributed by atoms with Crippen molar-refractivity contribution in [2.24, 2.45) is 0 Å². The highest BCUT2D eigenvalue weighted by atomic mass is 32.2. The number of benzene rings is 3. The summed E-state index contributed by atoms with van der Waals surface area (Å²) in [6.07, 6.45) is 0.954. The fourth-order valence-corrected chi connectivity index (χ4v) is 5.53. The Labute approximate surface area is 234 Å². The van der Waals surface area contributed by atoms with Gasteiger partial charge in [0, 0.05) is 12.6 Å². The molecule has 0 spiro atoms. The van der Waals surface area contributed by atoms with Gasteiger partial charge >= 0.3 is 0 Å². The number of aryl methyl sites for hydroxylation is 1. The molecule has 2 amide bonds. The summed E-state index contributed by atoms with van der Waals surface area (Å²) in [5.74, 6) is -2.03. The van der Waals surface area contributed by atoms with Crippen LogP contribution in [-0.4, -0.2) is 43.8 Å². The molecule has 1 N–H and O–H groups in total. The van der Waals surface area contributed by atoms with Gasteiger partial charge in [0.15, 0.2) is 0 Å². The number of rotatable bonds is 12. The minimum absolute atomic E-state index is 0.0378. The van der Waals surface area contributed by atoms with E-state index in [-0.39, 0.29) is 35.5 Å². The normalized spacial score (nSPS) is 12.8. The number of hydrogen-bond acceptors (Lipinski definition) is 4. The van der Waals surface area contributed by atoms with Crippen molar-refractivity contribution in [3.63, 3.8) is 0 Å². The van der Waals surface area contributed by atoms with Gasteiger partial charge in [0.1, 0.15) is 24.2 Å². The number of nitrogens with zero attached hydrogens (tertiary/aromatic N) is 2. The Kier molecular flexibility index (Phi) is 10.4. The van der Waals surface area contributed by atoms with Gasteiger partial charge in [0.2, 0.25) is 11.8 Å². The first kappa shape index (κ1) is 30.7. The van der Waals surface area contributed by atoms with Gasteiger partial charge in [-0.05, 0) is 80.8 Å². The molecular formula is C30H35F2N3O4S. The van der Waals surface area contributed by atoms with Crippen LogP contribution in [0.15, 0.2) is 77.7 Å². The molecule has 0 aromatic heterocycles. The van der Waals surface area contributed by atoms with Gasteiger partial charge in [-0.3, -0.25) is 13.9 Å². The highest BCUT2D eigenvalue weighted by Crippen LogP contribution is 2.25. The standard InChI is InChI=1S/C30H35F2N3O4S/c1-5-22(4)33-30(37)28(6-2)34(19-23-9-11-24(31)12-10-23)29(36)20-35(26-15-7-21(3)8-16-26)40(38,39)27-17-13-25(32)14-18-27/h7-18,22,28H,5-6,19-20H2,1-4H3,(H,33,37)/t22-,28-/m0/s1. The summed E-state index contributed by atoms with van der Waals surface area (Å²) in [5.41, 5.74) is 1.70. The van der Waals surface area contributed by atoms with Crippen LogP contribution in [0.4, 0.5) is 14.5 Å². The fourth-order valence-electron chi connectivity index (χ4n) is 4.12. The topological polar surface area (TPSA) is 86.8 Å². The van der Waals surface area contributed by atoms with Gasteiger partial charge in [0.25, 0.3) is 10.0 Å². The van der Waals surface area contributed by atoms with Crippen LogP contribution in [0.1, 0.15) is 44.7 Å². The van der Waals surface area contributed by atoms with Crippen molar-refractivity contribution >= 4 is 27.5 Å². The van der Waals surface area contributed by atoms with Crippen LogP contribution in [0.3, 0.4) is 0 Å². The Hall–Kier alpha value is -3.79. The SMILES string of the molecule is CC[C@H](C)NC(=O)[C@H](CC)N(Cc1ccc(F)cc1)C(=O)CN(c1ccc(C)cc1)S(=O)(=O)c1ccc(F)cc1. The van der Waals surface area contributed by atoms with E-state index in [1.807, 2.05) is 20.8 Å². The summed E-state index contributed by atoms with van der Waals surface area (Å²) in [4.78, 5) is 28.3. The molecule has 3 aromatic carbocycles. The van der Waals surface area contributed by atoms with Gasteiger partial charge in [-0.15, -0.1) is 0 Å². The lowest BCUT2D eigenvalue weighted by atomic mass is 10.1. The molecule has 0 aliphatic heterocycles. The van der Waals surface area contributed by atoms with E-state index in [9.17, 15) is 26.8 Å². The number of hydrogen-bond donors (Lipinski definition) is 1. The van der Waals surface area contributed by atoms with Crippen molar-refractivity contribution in [1.29, 1.82) is 0 Å². The zero-order valence-corrected chi connectivity index (χ0v) is 23.9. The van der Waals surface area contributed by atoms with E-state index in [2.05, 4.69) is 5.32 Å². The van der Waals surface area contributed by atoms with E-state index in [4.69, 9.17) is 0 Å². The summed E-state index contributed by atoms with van der Waals surface area (Å²) < 4.78 is 55.6. The molecule has 0 fully saturated rings. The maximum atomic E-state index is 14.0. The summed E-state index contributed by atoms with van der Waals surface area (Å²) >= 11 is 0. The highest BCUT2D eigenvalue weighted by Gasteiger charge is 2.34. The molecule has 2 atom stereocenters. The molecule has 0 aliphatic carbocycles. The number of nitrogens with one attached hydrogen (secondary N) is 1. The number of amides is 2. The molecule has 0 aliphatic rings. The molecule has 0 radical (unpaired) electrons. The number of anilines is 1. The molecule has 40 heavy (non-hydrogen) atoms. The smallest absolute Gasteiger partial charge is 0.264 e. The van der Waals surface area contributed by atoms with Gasteiger partial charge in [-0.2, -0.15) is 0 Å². The number of sulfonamides is 1. The maximum absolute atomic E-state index is 14.0. The Bertz CT molecular complexity index is 1400. The Morgan fingerprint density at radius 1 is 0.850 bits per heavy atom. The highest BCUT2D eigenvalue weighted by molar-refractivity contribution is 7.92. The fraction of sp³-hybridized carbons (Fsp3) is 0.333. The van der Waals surface area contributed by atoms with Gasteiger partial charge in [-0.1, -0.05) is 43.7 Å². The number of halogens is 2. The Morgan fingerprint density at radius 3 is 1.93 bits per heavy atom. The zero-order valence-electron chi connectivity index (χ0n) is 23.1. The molecule has 0 unspecified atom stereocenters. The average molecular weight is 572 g/mol. The molecule has 0 saturated carbocycles. The van der Waals surface area contributed by atoms with Gasteiger partial charge in [0.05, 0.1) is 10.6 Å². The van der Waals surface area contributed by atoms with Crippen LogP contribution < -0.4 is 9.62 Å². The Morgan fingerprint density at radius 2 is 1.40 bits per heavy atom. The minimum atomic E-state index is -4.30. The summed E-state index contributed by atoms with van der Waals surface area (Å²) in [6, 6.07) is 15.5. The third-order valence-electron chi connectivity index (χ3n) is 6.66. The van der Waals surface area contributed by atoms with Crippen LogP contribution in [0.2, 0.25) is 0 Å². The largest absolute Gasteiger partial charge is 0.352 e. The summed E-state index contributed by atoms with van der Waals surface area (Å²) in [7, 11) is -4.30. The van der Waals surface area contributed by atoms with Crippen molar-refractivity contribution in [2.75, 3.05) is 10.8 Å². The predicted molar refractivity (Wildman–Crippen MR) is 151 cm³/mol. The third kappa shape index (κ3) is 7.65. The van der Waals surface area contributed by atoms with E-state index < -0.39 is 40.2 Å². The monoisotopic (exact) mass is 571 g/mol. The van der Waals surface area contributed by atoms with Crippen LogP contribution in [0.25, 0.3) is 0 Å². The van der Waals surface area contributed by atoms with Crippen molar-refractivity contribution in [3.8, 4) is 0 Å². The first-order chi connectivity index (χ1) is 19.0. The summed E-state index contributed by atoms with van der Waals surface area (Å²) in [5, 5.41) is 2.90. The van der Waals surface area contributed by atoms with Crippen LogP contribution in [0, 0.1) is 18.6 Å². The Balaban J connectivity index is 2.04. The quantitative estimate of drug-likeness (QED) is 0.324. The predicted octanol–water partition coefficient (Wildman–Crippen LogP) is 5.19. The lowest BCUT2D eigenvalue weighted by Gasteiger charge is -2.33. The number of carbonyl (C=O) groups excluding carboxylic acids is 2. The molecule has 7 nitrogen and oxygen atoms in total. The average Bonchev–Trinajstić information content (AvgIpc) is 2.93. The maximum Gasteiger partial charge on any atom is 0.264 e. The van der Waals surface area contributed by atoms with Crippen molar-refractivity contribution in [1.82, 2.24) is 10.2 Å². The van der Waals surface area contributed by atoms with E-state index in [0.717, 1.165) is 34.1 Å². The van der Waals surface area contributed by atoms with Crippen LogP contribution >= 0.6 is 0 Å².